The van der Waals surface area contributed by atoms with Gasteiger partial charge in [0.2, 0.25) is 11.8 Å². The summed E-state index contributed by atoms with van der Waals surface area (Å²) < 4.78 is 5.68. The average molecular weight is 264 g/mol. The van der Waals surface area contributed by atoms with Gasteiger partial charge in [-0.25, -0.2) is 0 Å². The van der Waals surface area contributed by atoms with Crippen LogP contribution in [0.1, 0.15) is 36.2 Å². The highest BCUT2D eigenvalue weighted by atomic mass is 35.5. The zero-order valence-corrected chi connectivity index (χ0v) is 10.7. The molecule has 1 aliphatic heterocycles. The Balaban J connectivity index is 1.75. The number of hydrogen-bond donors (Lipinski definition) is 1. The molecule has 1 saturated heterocycles. The first kappa shape index (κ1) is 11.7. The van der Waals surface area contributed by atoms with Crippen LogP contribution in [0.25, 0.3) is 0 Å². The van der Waals surface area contributed by atoms with Crippen LogP contribution in [-0.2, 0) is 6.42 Å². The molecule has 1 atom stereocenters. The molecule has 3 rings (SSSR count). The number of nitrogens with zero attached hydrogens (tertiary/aromatic N) is 2. The number of nitrogens with one attached hydrogen (secondary N) is 1. The molecular weight excluding hydrogens is 250 g/mol. The monoisotopic (exact) mass is 263 g/mol. The van der Waals surface area contributed by atoms with Gasteiger partial charge in [-0.15, -0.1) is 10.2 Å². The van der Waals surface area contributed by atoms with E-state index in [1.54, 1.807) is 0 Å². The first-order valence-corrected chi connectivity index (χ1v) is 6.50. The summed E-state index contributed by atoms with van der Waals surface area (Å²) in [5.74, 6) is 1.31. The lowest BCUT2D eigenvalue weighted by Gasteiger charge is -2.02. The van der Waals surface area contributed by atoms with E-state index >= 15 is 0 Å². The molecule has 0 radical (unpaired) electrons. The Hall–Kier alpha value is -1.39. The Labute approximate surface area is 110 Å². The van der Waals surface area contributed by atoms with Crippen LogP contribution in [0, 0.1) is 0 Å². The molecule has 1 aromatic heterocycles. The van der Waals surface area contributed by atoms with E-state index in [0.717, 1.165) is 30.0 Å². The van der Waals surface area contributed by atoms with Gasteiger partial charge in [-0.2, -0.15) is 0 Å². The second-order valence-electron chi connectivity index (χ2n) is 4.45. The summed E-state index contributed by atoms with van der Waals surface area (Å²) >= 11 is 6.11. The van der Waals surface area contributed by atoms with Crippen LogP contribution in [0.4, 0.5) is 0 Å². The van der Waals surface area contributed by atoms with Crippen molar-refractivity contribution in [1.29, 1.82) is 0 Å². The quantitative estimate of drug-likeness (QED) is 0.925. The zero-order chi connectivity index (χ0) is 12.4. The molecule has 1 unspecified atom stereocenters. The van der Waals surface area contributed by atoms with E-state index in [9.17, 15) is 0 Å². The highest BCUT2D eigenvalue weighted by molar-refractivity contribution is 6.31. The normalized spacial score (nSPS) is 19.3. The topological polar surface area (TPSA) is 51.0 Å². The van der Waals surface area contributed by atoms with Gasteiger partial charge < -0.3 is 9.73 Å². The third kappa shape index (κ3) is 2.40. The molecule has 2 heterocycles. The predicted molar refractivity (Wildman–Crippen MR) is 68.5 cm³/mol. The molecule has 1 aromatic carbocycles. The van der Waals surface area contributed by atoms with E-state index in [-0.39, 0.29) is 6.04 Å². The summed E-state index contributed by atoms with van der Waals surface area (Å²) in [6, 6.07) is 7.93. The Morgan fingerprint density at radius 1 is 1.33 bits per heavy atom. The summed E-state index contributed by atoms with van der Waals surface area (Å²) in [7, 11) is 0. The van der Waals surface area contributed by atoms with Crippen molar-refractivity contribution in [3.63, 3.8) is 0 Å². The van der Waals surface area contributed by atoms with E-state index in [0.29, 0.717) is 18.2 Å². The minimum atomic E-state index is 0.220. The highest BCUT2D eigenvalue weighted by Crippen LogP contribution is 2.23. The lowest BCUT2D eigenvalue weighted by atomic mass is 10.1. The molecule has 1 fully saturated rings. The van der Waals surface area contributed by atoms with Crippen molar-refractivity contribution in [1.82, 2.24) is 15.5 Å². The minimum Gasteiger partial charge on any atom is -0.423 e. The Bertz CT molecular complexity index is 535. The van der Waals surface area contributed by atoms with Gasteiger partial charge in [-0.3, -0.25) is 0 Å². The lowest BCUT2D eigenvalue weighted by Crippen LogP contribution is -2.12. The molecule has 0 spiro atoms. The molecule has 2 aromatic rings. The van der Waals surface area contributed by atoms with Crippen LogP contribution in [-0.4, -0.2) is 16.7 Å². The van der Waals surface area contributed by atoms with Gasteiger partial charge in [-0.05, 0) is 31.0 Å². The average Bonchev–Trinajstić information content (AvgIpc) is 3.02. The molecule has 0 saturated carbocycles. The molecule has 0 aliphatic carbocycles. The maximum Gasteiger partial charge on any atom is 0.233 e. The van der Waals surface area contributed by atoms with Crippen molar-refractivity contribution < 1.29 is 4.42 Å². The van der Waals surface area contributed by atoms with Gasteiger partial charge >= 0.3 is 0 Å². The van der Waals surface area contributed by atoms with E-state index in [1.165, 1.54) is 0 Å². The second kappa shape index (κ2) is 5.08. The van der Waals surface area contributed by atoms with Gasteiger partial charge in [0.1, 0.15) is 0 Å². The van der Waals surface area contributed by atoms with Crippen LogP contribution in [0.2, 0.25) is 5.02 Å². The predicted octanol–water partition coefficient (Wildman–Crippen LogP) is 2.74. The smallest absolute Gasteiger partial charge is 0.233 e. The van der Waals surface area contributed by atoms with Crippen molar-refractivity contribution in [2.45, 2.75) is 25.3 Å². The molecule has 0 bridgehead atoms. The van der Waals surface area contributed by atoms with Crippen LogP contribution in [0.15, 0.2) is 28.7 Å². The van der Waals surface area contributed by atoms with Gasteiger partial charge in [0.05, 0.1) is 12.5 Å². The second-order valence-corrected chi connectivity index (χ2v) is 4.86. The number of aromatic nitrogens is 2. The number of rotatable bonds is 3. The van der Waals surface area contributed by atoms with Gasteiger partial charge in [0, 0.05) is 5.02 Å². The van der Waals surface area contributed by atoms with Crippen molar-refractivity contribution in [3.8, 4) is 0 Å². The molecular formula is C13H14ClN3O. The van der Waals surface area contributed by atoms with Crippen molar-refractivity contribution in [3.05, 3.63) is 46.6 Å². The largest absolute Gasteiger partial charge is 0.423 e. The third-order valence-corrected chi connectivity index (χ3v) is 3.51. The van der Waals surface area contributed by atoms with E-state index in [4.69, 9.17) is 16.0 Å². The van der Waals surface area contributed by atoms with Crippen LogP contribution in [0.3, 0.4) is 0 Å². The third-order valence-electron chi connectivity index (χ3n) is 3.14. The number of benzene rings is 1. The molecule has 18 heavy (non-hydrogen) atoms. The highest BCUT2D eigenvalue weighted by Gasteiger charge is 2.22. The van der Waals surface area contributed by atoms with Gasteiger partial charge in [0.15, 0.2) is 0 Å². The molecule has 0 amide bonds. The Morgan fingerprint density at radius 2 is 2.22 bits per heavy atom. The van der Waals surface area contributed by atoms with Crippen molar-refractivity contribution in [2.75, 3.05) is 6.54 Å². The molecule has 1 aliphatic rings. The minimum absolute atomic E-state index is 0.220. The Kier molecular flexibility index (Phi) is 3.30. The number of halogens is 1. The summed E-state index contributed by atoms with van der Waals surface area (Å²) in [5, 5.41) is 12.3. The Morgan fingerprint density at radius 3 is 3.00 bits per heavy atom. The fraction of sp³-hybridized carbons (Fsp3) is 0.385. The zero-order valence-electron chi connectivity index (χ0n) is 9.90. The van der Waals surface area contributed by atoms with E-state index in [1.807, 2.05) is 24.3 Å². The molecule has 94 valence electrons. The van der Waals surface area contributed by atoms with Crippen LogP contribution < -0.4 is 5.32 Å². The maximum absolute atomic E-state index is 6.11. The first-order valence-electron chi connectivity index (χ1n) is 6.12. The summed E-state index contributed by atoms with van der Waals surface area (Å²) in [6.07, 6.45) is 2.81. The SMILES string of the molecule is Clc1ccccc1Cc1nnc(C2CCCN2)o1. The summed E-state index contributed by atoms with van der Waals surface area (Å²) in [4.78, 5) is 0. The van der Waals surface area contributed by atoms with Gasteiger partial charge in [-0.1, -0.05) is 29.8 Å². The summed E-state index contributed by atoms with van der Waals surface area (Å²) in [5.41, 5.74) is 1.01. The van der Waals surface area contributed by atoms with Crippen molar-refractivity contribution in [2.24, 2.45) is 0 Å². The summed E-state index contributed by atoms with van der Waals surface area (Å²) in [6.45, 7) is 1.02. The van der Waals surface area contributed by atoms with Crippen LogP contribution in [0.5, 0.6) is 0 Å². The molecule has 1 N–H and O–H groups in total. The van der Waals surface area contributed by atoms with Crippen molar-refractivity contribution >= 4 is 11.6 Å². The fourth-order valence-electron chi connectivity index (χ4n) is 2.18. The van der Waals surface area contributed by atoms with E-state index < -0.39 is 0 Å². The molecule has 5 heteroatoms. The fourth-order valence-corrected chi connectivity index (χ4v) is 2.38. The van der Waals surface area contributed by atoms with Gasteiger partial charge in [0.25, 0.3) is 0 Å². The first-order chi connectivity index (χ1) is 8.83. The maximum atomic E-state index is 6.11. The lowest BCUT2D eigenvalue weighted by molar-refractivity contribution is 0.407. The number of hydrogen-bond acceptors (Lipinski definition) is 4. The van der Waals surface area contributed by atoms with E-state index in [2.05, 4.69) is 15.5 Å². The van der Waals surface area contributed by atoms with Crippen LogP contribution >= 0.6 is 11.6 Å². The standard InChI is InChI=1S/C13H14ClN3O/c14-10-5-2-1-4-9(10)8-12-16-17-13(18-12)11-6-3-7-15-11/h1-2,4-5,11,15H,3,6-8H2. The molecule has 4 nitrogen and oxygen atoms in total.